The van der Waals surface area contributed by atoms with Crippen LogP contribution < -0.4 is 16.4 Å². The van der Waals surface area contributed by atoms with Crippen LogP contribution in [0.1, 0.15) is 12.8 Å². The van der Waals surface area contributed by atoms with Gasteiger partial charge in [-0.05, 0) is 13.0 Å². The van der Waals surface area contributed by atoms with Gasteiger partial charge in [0.2, 0.25) is 11.8 Å². The molecule has 5 nitrogen and oxygen atoms in total. The predicted molar refractivity (Wildman–Crippen MR) is 43.2 cm³/mol. The van der Waals surface area contributed by atoms with Gasteiger partial charge in [0.25, 0.3) is 0 Å². The number of carbonyl (C=O) groups excluding carboxylic acids is 2. The molecule has 5 heteroatoms. The van der Waals surface area contributed by atoms with Gasteiger partial charge in [-0.3, -0.25) is 9.59 Å². The van der Waals surface area contributed by atoms with Gasteiger partial charge in [-0.2, -0.15) is 0 Å². The summed E-state index contributed by atoms with van der Waals surface area (Å²) in [7, 11) is 0. The second-order valence-corrected chi connectivity index (χ2v) is 2.90. The minimum absolute atomic E-state index is 0.164. The molecule has 68 valence electrons. The van der Waals surface area contributed by atoms with Gasteiger partial charge in [-0.1, -0.05) is 0 Å². The van der Waals surface area contributed by atoms with Gasteiger partial charge in [0.05, 0.1) is 0 Å². The van der Waals surface area contributed by atoms with E-state index in [1.165, 1.54) is 0 Å². The molecular formula is C7H13N3O2. The Balaban J connectivity index is 2.20. The summed E-state index contributed by atoms with van der Waals surface area (Å²) in [6, 6.07) is 0.164. The van der Waals surface area contributed by atoms with Crippen molar-refractivity contribution < 1.29 is 9.59 Å². The van der Waals surface area contributed by atoms with Crippen molar-refractivity contribution in [2.24, 2.45) is 5.73 Å². The van der Waals surface area contributed by atoms with Crippen LogP contribution in [0.5, 0.6) is 0 Å². The summed E-state index contributed by atoms with van der Waals surface area (Å²) in [5.74, 6) is -0.866. The summed E-state index contributed by atoms with van der Waals surface area (Å²) >= 11 is 0. The van der Waals surface area contributed by atoms with E-state index in [1.54, 1.807) is 0 Å². The van der Waals surface area contributed by atoms with Crippen molar-refractivity contribution in [1.82, 2.24) is 10.6 Å². The fourth-order valence-electron chi connectivity index (χ4n) is 1.21. The molecule has 0 aromatic heterocycles. The zero-order valence-corrected chi connectivity index (χ0v) is 6.80. The Morgan fingerprint density at radius 1 is 1.58 bits per heavy atom. The van der Waals surface area contributed by atoms with E-state index in [0.717, 1.165) is 19.5 Å². The first-order valence-corrected chi connectivity index (χ1v) is 3.97. The van der Waals surface area contributed by atoms with Crippen molar-refractivity contribution in [3.05, 3.63) is 0 Å². The topological polar surface area (TPSA) is 84.2 Å². The van der Waals surface area contributed by atoms with Gasteiger partial charge in [0.15, 0.2) is 0 Å². The second-order valence-electron chi connectivity index (χ2n) is 2.90. The molecule has 2 amide bonds. The SMILES string of the molecule is NC(=O)CC(=O)NC1CCNC1. The van der Waals surface area contributed by atoms with Crippen LogP contribution >= 0.6 is 0 Å². The summed E-state index contributed by atoms with van der Waals surface area (Å²) < 4.78 is 0. The first-order chi connectivity index (χ1) is 5.68. The Morgan fingerprint density at radius 2 is 2.33 bits per heavy atom. The molecule has 0 saturated carbocycles. The molecule has 4 N–H and O–H groups in total. The third kappa shape index (κ3) is 2.87. The highest BCUT2D eigenvalue weighted by Gasteiger charge is 2.16. The molecule has 12 heavy (non-hydrogen) atoms. The Morgan fingerprint density at radius 3 is 2.83 bits per heavy atom. The molecule has 1 atom stereocenters. The van der Waals surface area contributed by atoms with Crippen LogP contribution in [0.2, 0.25) is 0 Å². The van der Waals surface area contributed by atoms with E-state index in [4.69, 9.17) is 5.73 Å². The molecule has 0 radical (unpaired) electrons. The maximum absolute atomic E-state index is 11.0. The highest BCUT2D eigenvalue weighted by molar-refractivity contribution is 5.96. The Labute approximate surface area is 70.7 Å². The number of primary amides is 1. The van der Waals surface area contributed by atoms with Crippen molar-refractivity contribution in [3.8, 4) is 0 Å². The number of amides is 2. The van der Waals surface area contributed by atoms with E-state index in [9.17, 15) is 9.59 Å². The van der Waals surface area contributed by atoms with Crippen molar-refractivity contribution in [1.29, 1.82) is 0 Å². The van der Waals surface area contributed by atoms with Crippen molar-refractivity contribution in [3.63, 3.8) is 0 Å². The van der Waals surface area contributed by atoms with Gasteiger partial charge in [-0.15, -0.1) is 0 Å². The second kappa shape index (κ2) is 4.06. The lowest BCUT2D eigenvalue weighted by Crippen LogP contribution is -2.38. The van der Waals surface area contributed by atoms with Crippen LogP contribution in [0.4, 0.5) is 0 Å². The smallest absolute Gasteiger partial charge is 0.229 e. The normalized spacial score (nSPS) is 22.2. The summed E-state index contributed by atoms with van der Waals surface area (Å²) in [5, 5.41) is 5.81. The summed E-state index contributed by atoms with van der Waals surface area (Å²) in [6.45, 7) is 1.70. The van der Waals surface area contributed by atoms with Crippen LogP contribution in [-0.4, -0.2) is 30.9 Å². The number of rotatable bonds is 3. The molecule has 0 aromatic rings. The van der Waals surface area contributed by atoms with E-state index in [1.807, 2.05) is 0 Å². The van der Waals surface area contributed by atoms with Crippen LogP contribution in [-0.2, 0) is 9.59 Å². The standard InChI is InChI=1S/C7H13N3O2/c8-6(11)3-7(12)10-5-1-2-9-4-5/h5,9H,1-4H2,(H2,8,11)(H,10,12). The predicted octanol–water partition coefficient (Wildman–Crippen LogP) is -1.66. The van der Waals surface area contributed by atoms with Crippen molar-refractivity contribution in [2.75, 3.05) is 13.1 Å². The lowest BCUT2D eigenvalue weighted by Gasteiger charge is -2.09. The lowest BCUT2D eigenvalue weighted by molar-refractivity contribution is -0.128. The highest BCUT2D eigenvalue weighted by Crippen LogP contribution is 1.96. The monoisotopic (exact) mass is 171 g/mol. The molecule has 1 heterocycles. The summed E-state index contributed by atoms with van der Waals surface area (Å²) in [5.41, 5.74) is 4.85. The molecular weight excluding hydrogens is 158 g/mol. The van der Waals surface area contributed by atoms with Crippen LogP contribution in [0.25, 0.3) is 0 Å². The van der Waals surface area contributed by atoms with E-state index in [2.05, 4.69) is 10.6 Å². The van der Waals surface area contributed by atoms with E-state index in [-0.39, 0.29) is 18.4 Å². The Kier molecular flexibility index (Phi) is 3.04. The van der Waals surface area contributed by atoms with E-state index >= 15 is 0 Å². The zero-order chi connectivity index (χ0) is 8.97. The first-order valence-electron chi connectivity index (χ1n) is 3.97. The summed E-state index contributed by atoms with van der Waals surface area (Å²) in [4.78, 5) is 21.3. The molecule has 1 unspecified atom stereocenters. The number of hydrogen-bond acceptors (Lipinski definition) is 3. The van der Waals surface area contributed by atoms with Crippen LogP contribution in [0, 0.1) is 0 Å². The Hall–Kier alpha value is -1.10. The fourth-order valence-corrected chi connectivity index (χ4v) is 1.21. The Bertz CT molecular complexity index is 187. The molecule has 1 aliphatic rings. The van der Waals surface area contributed by atoms with Crippen molar-refractivity contribution in [2.45, 2.75) is 18.9 Å². The minimum Gasteiger partial charge on any atom is -0.369 e. The first kappa shape index (κ1) is 8.99. The maximum Gasteiger partial charge on any atom is 0.229 e. The molecule has 0 aliphatic carbocycles. The van der Waals surface area contributed by atoms with Crippen LogP contribution in [0.15, 0.2) is 0 Å². The number of nitrogens with one attached hydrogen (secondary N) is 2. The number of carbonyl (C=O) groups is 2. The summed E-state index contributed by atoms with van der Waals surface area (Å²) in [6.07, 6.45) is 0.709. The number of nitrogens with two attached hydrogens (primary N) is 1. The van der Waals surface area contributed by atoms with E-state index < -0.39 is 5.91 Å². The van der Waals surface area contributed by atoms with Gasteiger partial charge in [0, 0.05) is 12.6 Å². The minimum atomic E-state index is -0.585. The van der Waals surface area contributed by atoms with Gasteiger partial charge in [0.1, 0.15) is 6.42 Å². The fraction of sp³-hybridized carbons (Fsp3) is 0.714. The highest BCUT2D eigenvalue weighted by atomic mass is 16.2. The average Bonchev–Trinajstić information content (AvgIpc) is 2.37. The third-order valence-electron chi connectivity index (χ3n) is 1.76. The molecule has 0 aromatic carbocycles. The molecule has 1 fully saturated rings. The van der Waals surface area contributed by atoms with Gasteiger partial charge >= 0.3 is 0 Å². The largest absolute Gasteiger partial charge is 0.369 e. The molecule has 1 saturated heterocycles. The molecule has 0 bridgehead atoms. The van der Waals surface area contributed by atoms with Gasteiger partial charge < -0.3 is 16.4 Å². The van der Waals surface area contributed by atoms with Gasteiger partial charge in [-0.25, -0.2) is 0 Å². The molecule has 1 aliphatic heterocycles. The average molecular weight is 171 g/mol. The lowest BCUT2D eigenvalue weighted by atomic mass is 10.2. The maximum atomic E-state index is 11.0. The van der Waals surface area contributed by atoms with Crippen LogP contribution in [0.3, 0.4) is 0 Å². The zero-order valence-electron chi connectivity index (χ0n) is 6.80. The molecule has 0 spiro atoms. The molecule has 1 rings (SSSR count). The van der Waals surface area contributed by atoms with Crippen molar-refractivity contribution >= 4 is 11.8 Å². The van der Waals surface area contributed by atoms with E-state index in [0.29, 0.717) is 0 Å². The quantitative estimate of drug-likeness (QED) is 0.444. The third-order valence-corrected chi connectivity index (χ3v) is 1.76. The number of hydrogen-bond donors (Lipinski definition) is 3.